The number of hydrogen-bond acceptors (Lipinski definition) is 3. The molecule has 88 valence electrons. The standard InChI is InChI=1S/C11H9IN2O3/c1-17-8-2-3-9(11(15)16)10(4-8)14-6-7(12)5-13-14/h2-6H,1H3,(H,15,16). The first kappa shape index (κ1) is 11.9. The molecule has 1 aromatic heterocycles. The summed E-state index contributed by atoms with van der Waals surface area (Å²) in [6, 6.07) is 4.76. The van der Waals surface area contributed by atoms with Crippen LogP contribution in [0.4, 0.5) is 0 Å². The number of ether oxygens (including phenoxy) is 1. The fraction of sp³-hybridized carbons (Fsp3) is 0.0909. The lowest BCUT2D eigenvalue weighted by Crippen LogP contribution is -2.06. The average molecular weight is 344 g/mol. The molecule has 0 bridgehead atoms. The zero-order valence-electron chi connectivity index (χ0n) is 8.92. The maximum Gasteiger partial charge on any atom is 0.337 e. The number of aromatic nitrogens is 2. The summed E-state index contributed by atoms with van der Waals surface area (Å²) in [5, 5.41) is 13.2. The third-order valence-electron chi connectivity index (χ3n) is 2.23. The Morgan fingerprint density at radius 3 is 2.82 bits per heavy atom. The van der Waals surface area contributed by atoms with E-state index >= 15 is 0 Å². The van der Waals surface area contributed by atoms with Gasteiger partial charge in [-0.15, -0.1) is 0 Å². The smallest absolute Gasteiger partial charge is 0.337 e. The summed E-state index contributed by atoms with van der Waals surface area (Å²) in [6.45, 7) is 0. The number of hydrogen-bond donors (Lipinski definition) is 1. The van der Waals surface area contributed by atoms with E-state index in [9.17, 15) is 4.79 Å². The molecular weight excluding hydrogens is 335 g/mol. The van der Waals surface area contributed by atoms with Crippen LogP contribution in [0.25, 0.3) is 5.69 Å². The Morgan fingerprint density at radius 1 is 1.53 bits per heavy atom. The molecule has 0 aliphatic rings. The van der Waals surface area contributed by atoms with Crippen molar-refractivity contribution in [2.24, 2.45) is 0 Å². The van der Waals surface area contributed by atoms with Gasteiger partial charge in [0.15, 0.2) is 0 Å². The van der Waals surface area contributed by atoms with Gasteiger partial charge in [0.05, 0.1) is 28.1 Å². The van der Waals surface area contributed by atoms with Gasteiger partial charge in [-0.25, -0.2) is 9.48 Å². The van der Waals surface area contributed by atoms with E-state index in [-0.39, 0.29) is 5.56 Å². The third kappa shape index (κ3) is 2.41. The van der Waals surface area contributed by atoms with Crippen molar-refractivity contribution < 1.29 is 14.6 Å². The van der Waals surface area contributed by atoms with Crippen molar-refractivity contribution in [3.05, 3.63) is 39.7 Å². The molecule has 1 heterocycles. The fourth-order valence-corrected chi connectivity index (χ4v) is 1.83. The zero-order chi connectivity index (χ0) is 12.4. The van der Waals surface area contributed by atoms with Gasteiger partial charge in [-0.2, -0.15) is 5.10 Å². The molecular formula is C11H9IN2O3. The highest BCUT2D eigenvalue weighted by Gasteiger charge is 2.13. The Labute approximate surface area is 111 Å². The molecule has 0 saturated heterocycles. The number of carboxylic acids is 1. The van der Waals surface area contributed by atoms with Gasteiger partial charge in [0.25, 0.3) is 0 Å². The van der Waals surface area contributed by atoms with Gasteiger partial charge >= 0.3 is 5.97 Å². The Balaban J connectivity index is 2.60. The van der Waals surface area contributed by atoms with Crippen molar-refractivity contribution in [3.8, 4) is 11.4 Å². The predicted molar refractivity (Wildman–Crippen MR) is 69.8 cm³/mol. The molecule has 0 unspecified atom stereocenters. The van der Waals surface area contributed by atoms with Crippen molar-refractivity contribution in [1.29, 1.82) is 0 Å². The van der Waals surface area contributed by atoms with E-state index < -0.39 is 5.97 Å². The minimum absolute atomic E-state index is 0.185. The topological polar surface area (TPSA) is 64.3 Å². The van der Waals surface area contributed by atoms with Crippen LogP contribution in [0.1, 0.15) is 10.4 Å². The largest absolute Gasteiger partial charge is 0.497 e. The number of carbonyl (C=O) groups is 1. The molecule has 2 rings (SSSR count). The van der Waals surface area contributed by atoms with Gasteiger partial charge in [-0.3, -0.25) is 0 Å². The molecule has 0 amide bonds. The number of rotatable bonds is 3. The van der Waals surface area contributed by atoms with E-state index in [1.54, 1.807) is 24.5 Å². The van der Waals surface area contributed by atoms with Crippen molar-refractivity contribution in [2.45, 2.75) is 0 Å². The van der Waals surface area contributed by atoms with Gasteiger partial charge in [-0.05, 0) is 34.7 Å². The maximum atomic E-state index is 11.1. The van der Waals surface area contributed by atoms with Crippen LogP contribution < -0.4 is 4.74 Å². The van der Waals surface area contributed by atoms with Gasteiger partial charge in [0.2, 0.25) is 0 Å². The predicted octanol–water partition coefficient (Wildman–Crippen LogP) is 2.18. The summed E-state index contributed by atoms with van der Waals surface area (Å²) < 4.78 is 7.54. The Bertz CT molecular complexity index is 566. The van der Waals surface area contributed by atoms with E-state index in [0.29, 0.717) is 11.4 Å². The zero-order valence-corrected chi connectivity index (χ0v) is 11.1. The van der Waals surface area contributed by atoms with Crippen LogP contribution in [0.2, 0.25) is 0 Å². The van der Waals surface area contributed by atoms with Crippen LogP contribution in [0, 0.1) is 3.57 Å². The summed E-state index contributed by atoms with van der Waals surface area (Å²) >= 11 is 2.11. The summed E-state index contributed by atoms with van der Waals surface area (Å²) in [6.07, 6.45) is 3.41. The number of aromatic carboxylic acids is 1. The van der Waals surface area contributed by atoms with Crippen molar-refractivity contribution >= 4 is 28.6 Å². The molecule has 17 heavy (non-hydrogen) atoms. The first-order valence-electron chi connectivity index (χ1n) is 4.73. The van der Waals surface area contributed by atoms with Crippen LogP contribution in [0.5, 0.6) is 5.75 Å². The molecule has 0 aliphatic heterocycles. The number of nitrogens with zero attached hydrogens (tertiary/aromatic N) is 2. The first-order chi connectivity index (χ1) is 8.11. The lowest BCUT2D eigenvalue weighted by molar-refractivity contribution is 0.0696. The molecule has 6 heteroatoms. The van der Waals surface area contributed by atoms with Crippen LogP contribution in [-0.2, 0) is 0 Å². The van der Waals surface area contributed by atoms with Crippen LogP contribution >= 0.6 is 22.6 Å². The molecule has 5 nitrogen and oxygen atoms in total. The molecule has 1 N–H and O–H groups in total. The average Bonchev–Trinajstić information content (AvgIpc) is 2.75. The van der Waals surface area contributed by atoms with Crippen molar-refractivity contribution in [1.82, 2.24) is 9.78 Å². The molecule has 2 aromatic rings. The van der Waals surface area contributed by atoms with Crippen LogP contribution in [0.15, 0.2) is 30.6 Å². The van der Waals surface area contributed by atoms with E-state index in [2.05, 4.69) is 27.7 Å². The number of benzene rings is 1. The molecule has 0 saturated carbocycles. The molecule has 0 radical (unpaired) electrons. The fourth-order valence-electron chi connectivity index (χ4n) is 1.44. The molecule has 0 spiro atoms. The van der Waals surface area contributed by atoms with E-state index in [0.717, 1.165) is 3.57 Å². The molecule has 1 aromatic carbocycles. The minimum atomic E-state index is -0.992. The van der Waals surface area contributed by atoms with Gasteiger partial charge in [0, 0.05) is 12.3 Å². The summed E-state index contributed by atoms with van der Waals surface area (Å²) in [5.41, 5.74) is 0.671. The summed E-state index contributed by atoms with van der Waals surface area (Å²) in [7, 11) is 1.53. The third-order valence-corrected chi connectivity index (χ3v) is 2.79. The lowest BCUT2D eigenvalue weighted by Gasteiger charge is -2.08. The maximum absolute atomic E-state index is 11.1. The first-order valence-corrected chi connectivity index (χ1v) is 5.81. The normalized spacial score (nSPS) is 10.2. The van der Waals surface area contributed by atoms with Crippen LogP contribution in [-0.4, -0.2) is 28.0 Å². The Morgan fingerprint density at radius 2 is 2.29 bits per heavy atom. The highest BCUT2D eigenvalue weighted by Crippen LogP contribution is 2.21. The van der Waals surface area contributed by atoms with Crippen molar-refractivity contribution in [3.63, 3.8) is 0 Å². The number of halogens is 1. The van der Waals surface area contributed by atoms with E-state index in [1.165, 1.54) is 17.9 Å². The molecule has 0 fully saturated rings. The highest BCUT2D eigenvalue weighted by molar-refractivity contribution is 14.1. The monoisotopic (exact) mass is 344 g/mol. The minimum Gasteiger partial charge on any atom is -0.497 e. The number of methoxy groups -OCH3 is 1. The van der Waals surface area contributed by atoms with Gasteiger partial charge < -0.3 is 9.84 Å². The second-order valence-electron chi connectivity index (χ2n) is 3.29. The Hall–Kier alpha value is -1.57. The lowest BCUT2D eigenvalue weighted by atomic mass is 10.1. The van der Waals surface area contributed by atoms with Crippen molar-refractivity contribution in [2.75, 3.05) is 7.11 Å². The second kappa shape index (κ2) is 4.74. The molecule has 0 aliphatic carbocycles. The van der Waals surface area contributed by atoms with Gasteiger partial charge in [-0.1, -0.05) is 0 Å². The van der Waals surface area contributed by atoms with Crippen LogP contribution in [0.3, 0.4) is 0 Å². The Kier molecular flexibility index (Phi) is 3.32. The molecule has 0 atom stereocenters. The summed E-state index contributed by atoms with van der Waals surface area (Å²) in [4.78, 5) is 11.1. The van der Waals surface area contributed by atoms with E-state index in [4.69, 9.17) is 9.84 Å². The second-order valence-corrected chi connectivity index (χ2v) is 4.54. The van der Waals surface area contributed by atoms with E-state index in [1.807, 2.05) is 0 Å². The quantitative estimate of drug-likeness (QED) is 0.867. The van der Waals surface area contributed by atoms with Gasteiger partial charge in [0.1, 0.15) is 5.75 Å². The highest BCUT2D eigenvalue weighted by atomic mass is 127. The summed E-state index contributed by atoms with van der Waals surface area (Å²) in [5.74, 6) is -0.399. The SMILES string of the molecule is COc1ccc(C(=O)O)c(-n2cc(I)cn2)c1. The number of carboxylic acid groups (broad SMARTS) is 1.